The minimum atomic E-state index is -4.22. The van der Waals surface area contributed by atoms with Crippen LogP contribution < -0.4 is 10.1 Å². The fourth-order valence-electron chi connectivity index (χ4n) is 2.06. The Labute approximate surface area is 91.4 Å². The number of ether oxygens (including phenoxy) is 1. The van der Waals surface area contributed by atoms with Crippen molar-refractivity contribution in [3.8, 4) is 5.75 Å². The van der Waals surface area contributed by atoms with E-state index >= 15 is 0 Å². The minimum Gasteiger partial charge on any atom is -0.496 e. The third kappa shape index (κ3) is 1.81. The first-order valence-corrected chi connectivity index (χ1v) is 5.01. The molecule has 1 unspecified atom stereocenters. The summed E-state index contributed by atoms with van der Waals surface area (Å²) < 4.78 is 43.6. The van der Waals surface area contributed by atoms with Gasteiger partial charge in [0.15, 0.2) is 0 Å². The van der Waals surface area contributed by atoms with E-state index in [2.05, 4.69) is 5.32 Å². The first-order valence-electron chi connectivity index (χ1n) is 5.01. The van der Waals surface area contributed by atoms with Crippen LogP contribution in [-0.2, 0) is 0 Å². The smallest absolute Gasteiger partial charge is 0.396 e. The van der Waals surface area contributed by atoms with Crippen LogP contribution in [0.4, 0.5) is 18.9 Å². The summed E-state index contributed by atoms with van der Waals surface area (Å²) in [6.07, 6.45) is -4.16. The number of methoxy groups -OCH3 is 1. The van der Waals surface area contributed by atoms with Gasteiger partial charge in [0.25, 0.3) is 0 Å². The molecule has 0 bridgehead atoms. The lowest BCUT2D eigenvalue weighted by Gasteiger charge is -2.29. The zero-order valence-electron chi connectivity index (χ0n) is 8.77. The summed E-state index contributed by atoms with van der Waals surface area (Å²) in [5.74, 6) is -1.13. The van der Waals surface area contributed by atoms with Crippen LogP contribution in [0.2, 0.25) is 0 Å². The summed E-state index contributed by atoms with van der Waals surface area (Å²) in [5, 5.41) is 2.96. The van der Waals surface area contributed by atoms with Crippen LogP contribution in [0.1, 0.15) is 17.9 Å². The summed E-state index contributed by atoms with van der Waals surface area (Å²) in [4.78, 5) is 0. The Hall–Kier alpha value is -1.39. The molecule has 0 amide bonds. The molecule has 0 saturated heterocycles. The highest BCUT2D eigenvalue weighted by atomic mass is 19.4. The normalized spacial score (nSPS) is 19.9. The number of hydrogen-bond donors (Lipinski definition) is 1. The standard InChI is InChI=1S/C11H12F3NO/c1-16-9-4-2-3-8-10(9)7(5-6-15-8)11(12,13)14/h2-4,7,15H,5-6H2,1H3. The average Bonchev–Trinajstić information content (AvgIpc) is 2.26. The SMILES string of the molecule is COc1cccc2c1C(C(F)(F)F)CCN2. The predicted octanol–water partition coefficient (Wildman–Crippen LogP) is 3.16. The van der Waals surface area contributed by atoms with Gasteiger partial charge >= 0.3 is 6.18 Å². The van der Waals surface area contributed by atoms with Crippen molar-refractivity contribution in [1.29, 1.82) is 0 Å². The van der Waals surface area contributed by atoms with E-state index in [9.17, 15) is 13.2 Å². The Bertz CT molecular complexity index is 375. The quantitative estimate of drug-likeness (QED) is 0.801. The van der Waals surface area contributed by atoms with Crippen LogP contribution in [-0.4, -0.2) is 19.8 Å². The maximum atomic E-state index is 12.9. The molecule has 1 heterocycles. The van der Waals surface area contributed by atoms with Crippen molar-refractivity contribution in [2.75, 3.05) is 19.0 Å². The van der Waals surface area contributed by atoms with Gasteiger partial charge in [0.2, 0.25) is 0 Å². The Balaban J connectivity index is 2.51. The molecule has 0 aliphatic carbocycles. The molecule has 2 nitrogen and oxygen atoms in total. The molecular formula is C11H12F3NO. The number of nitrogens with one attached hydrogen (secondary N) is 1. The summed E-state index contributed by atoms with van der Waals surface area (Å²) in [5.41, 5.74) is 0.747. The van der Waals surface area contributed by atoms with Crippen LogP contribution >= 0.6 is 0 Å². The Morgan fingerprint density at radius 2 is 2.12 bits per heavy atom. The molecule has 1 N–H and O–H groups in total. The van der Waals surface area contributed by atoms with Crippen molar-refractivity contribution in [1.82, 2.24) is 0 Å². The van der Waals surface area contributed by atoms with E-state index in [1.807, 2.05) is 0 Å². The van der Waals surface area contributed by atoms with Crippen LogP contribution in [0, 0.1) is 0 Å². The number of alkyl halides is 3. The van der Waals surface area contributed by atoms with Crippen molar-refractivity contribution in [3.63, 3.8) is 0 Å². The lowest BCUT2D eigenvalue weighted by Crippen LogP contribution is -2.28. The highest BCUT2D eigenvalue weighted by Crippen LogP contribution is 2.46. The largest absolute Gasteiger partial charge is 0.496 e. The number of fused-ring (bicyclic) bond motifs is 1. The van der Waals surface area contributed by atoms with Gasteiger partial charge in [0.05, 0.1) is 13.0 Å². The van der Waals surface area contributed by atoms with Gasteiger partial charge in [-0.05, 0) is 18.6 Å². The molecule has 5 heteroatoms. The molecule has 0 saturated carbocycles. The van der Waals surface area contributed by atoms with Crippen LogP contribution in [0.15, 0.2) is 18.2 Å². The molecule has 16 heavy (non-hydrogen) atoms. The Kier molecular flexibility index (Phi) is 2.69. The monoisotopic (exact) mass is 231 g/mol. The van der Waals surface area contributed by atoms with Gasteiger partial charge in [-0.3, -0.25) is 0 Å². The topological polar surface area (TPSA) is 21.3 Å². The summed E-state index contributed by atoms with van der Waals surface area (Å²) >= 11 is 0. The van der Waals surface area contributed by atoms with Crippen molar-refractivity contribution in [2.24, 2.45) is 0 Å². The van der Waals surface area contributed by atoms with E-state index in [0.717, 1.165) is 0 Å². The summed E-state index contributed by atoms with van der Waals surface area (Å²) in [7, 11) is 1.39. The second kappa shape index (κ2) is 3.88. The van der Waals surface area contributed by atoms with Crippen molar-refractivity contribution >= 4 is 5.69 Å². The van der Waals surface area contributed by atoms with Gasteiger partial charge in [-0.15, -0.1) is 0 Å². The number of halogens is 3. The van der Waals surface area contributed by atoms with Crippen LogP contribution in [0.5, 0.6) is 5.75 Å². The number of benzene rings is 1. The van der Waals surface area contributed by atoms with Crippen LogP contribution in [0.3, 0.4) is 0 Å². The highest BCUT2D eigenvalue weighted by Gasteiger charge is 2.44. The lowest BCUT2D eigenvalue weighted by molar-refractivity contribution is -0.152. The molecule has 0 radical (unpaired) electrons. The molecule has 0 spiro atoms. The van der Waals surface area contributed by atoms with E-state index in [1.54, 1.807) is 18.2 Å². The molecule has 1 aromatic carbocycles. The molecule has 2 rings (SSSR count). The van der Waals surface area contributed by atoms with Crippen molar-refractivity contribution in [3.05, 3.63) is 23.8 Å². The number of rotatable bonds is 1. The van der Waals surface area contributed by atoms with E-state index in [-0.39, 0.29) is 12.0 Å². The lowest BCUT2D eigenvalue weighted by atomic mass is 9.89. The zero-order chi connectivity index (χ0) is 11.8. The summed E-state index contributed by atoms with van der Waals surface area (Å²) in [6.45, 7) is 0.338. The third-order valence-corrected chi connectivity index (χ3v) is 2.78. The molecule has 0 fully saturated rings. The fourth-order valence-corrected chi connectivity index (χ4v) is 2.06. The number of anilines is 1. The van der Waals surface area contributed by atoms with Gasteiger partial charge in [-0.1, -0.05) is 6.07 Å². The zero-order valence-corrected chi connectivity index (χ0v) is 8.77. The van der Waals surface area contributed by atoms with Crippen molar-refractivity contribution < 1.29 is 17.9 Å². The predicted molar refractivity (Wildman–Crippen MR) is 54.9 cm³/mol. The van der Waals surface area contributed by atoms with E-state index in [0.29, 0.717) is 18.0 Å². The van der Waals surface area contributed by atoms with Crippen LogP contribution in [0.25, 0.3) is 0 Å². The van der Waals surface area contributed by atoms with Gasteiger partial charge in [0, 0.05) is 17.8 Å². The fraction of sp³-hybridized carbons (Fsp3) is 0.455. The highest BCUT2D eigenvalue weighted by molar-refractivity contribution is 5.61. The molecule has 1 aliphatic heterocycles. The van der Waals surface area contributed by atoms with E-state index in [4.69, 9.17) is 4.74 Å². The second-order valence-corrected chi connectivity index (χ2v) is 3.73. The van der Waals surface area contributed by atoms with E-state index in [1.165, 1.54) is 7.11 Å². The molecule has 0 aromatic heterocycles. The van der Waals surface area contributed by atoms with Gasteiger partial charge in [-0.2, -0.15) is 13.2 Å². The van der Waals surface area contributed by atoms with Gasteiger partial charge in [-0.25, -0.2) is 0 Å². The first kappa shape index (κ1) is 11.1. The third-order valence-electron chi connectivity index (χ3n) is 2.78. The van der Waals surface area contributed by atoms with Gasteiger partial charge < -0.3 is 10.1 Å². The Morgan fingerprint density at radius 1 is 1.38 bits per heavy atom. The minimum absolute atomic E-state index is 0.0525. The molecular weight excluding hydrogens is 219 g/mol. The maximum absolute atomic E-state index is 12.9. The number of hydrogen-bond acceptors (Lipinski definition) is 2. The Morgan fingerprint density at radius 3 is 2.75 bits per heavy atom. The molecule has 88 valence electrons. The molecule has 1 aromatic rings. The second-order valence-electron chi connectivity index (χ2n) is 3.73. The summed E-state index contributed by atoms with van der Waals surface area (Å²) in [6, 6.07) is 4.89. The van der Waals surface area contributed by atoms with Gasteiger partial charge in [0.1, 0.15) is 5.75 Å². The molecule has 1 aliphatic rings. The average molecular weight is 231 g/mol. The van der Waals surface area contributed by atoms with Crippen molar-refractivity contribution in [2.45, 2.75) is 18.5 Å². The molecule has 1 atom stereocenters. The first-order chi connectivity index (χ1) is 7.54. The maximum Gasteiger partial charge on any atom is 0.396 e. The van der Waals surface area contributed by atoms with E-state index < -0.39 is 12.1 Å².